The lowest BCUT2D eigenvalue weighted by Gasteiger charge is -2.30. The molecule has 0 bridgehead atoms. The van der Waals surface area contributed by atoms with Gasteiger partial charge in [0, 0.05) is 53.6 Å². The number of nitrogens with zero attached hydrogens (tertiary/aromatic N) is 6. The lowest BCUT2D eigenvalue weighted by atomic mass is 9.80. The Hall–Kier alpha value is -6.50. The van der Waals surface area contributed by atoms with Crippen molar-refractivity contribution in [1.82, 2.24) is 31.0 Å². The van der Waals surface area contributed by atoms with Crippen molar-refractivity contribution in [2.24, 2.45) is 33.9 Å². The summed E-state index contributed by atoms with van der Waals surface area (Å²) in [7, 11) is -1.72. The van der Waals surface area contributed by atoms with E-state index in [9.17, 15) is 18.4 Å². The molecule has 6 aromatic rings. The Balaban J connectivity index is 0.000000177. The Labute approximate surface area is 465 Å². The van der Waals surface area contributed by atoms with Crippen LogP contribution in [0.5, 0.6) is 0 Å². The van der Waals surface area contributed by atoms with Gasteiger partial charge in [0.15, 0.2) is 0 Å². The number of benzene rings is 4. The molecular weight excluding hydrogens is 1060 g/mol. The molecule has 4 aliphatic heterocycles. The molecule has 4 unspecified atom stereocenters. The lowest BCUT2D eigenvalue weighted by molar-refractivity contribution is -0.135. The maximum absolute atomic E-state index is 14.3. The van der Waals surface area contributed by atoms with Crippen LogP contribution < -0.4 is 16.3 Å². The summed E-state index contributed by atoms with van der Waals surface area (Å²) in [5.74, 6) is 0.946. The molecule has 2 amide bonds. The average Bonchev–Trinajstić information content (AvgIpc) is 4.30. The summed E-state index contributed by atoms with van der Waals surface area (Å²) in [5.41, 5.74) is 13.3. The normalized spacial score (nSPS) is 23.4. The van der Waals surface area contributed by atoms with Gasteiger partial charge in [-0.05, 0) is 105 Å². The van der Waals surface area contributed by atoms with Crippen molar-refractivity contribution in [1.29, 1.82) is 0 Å². The minimum absolute atomic E-state index is 0.0116. The van der Waals surface area contributed by atoms with E-state index in [2.05, 4.69) is 103 Å². The Bertz CT molecular complexity index is 3110. The first-order valence-electron chi connectivity index (χ1n) is 26.9. The third kappa shape index (κ3) is 12.8. The quantitative estimate of drug-likeness (QED) is 0.0861. The fourth-order valence-electron chi connectivity index (χ4n) is 11.3. The number of aromatic nitrogens is 2. The van der Waals surface area contributed by atoms with Crippen molar-refractivity contribution in [3.05, 3.63) is 159 Å². The van der Waals surface area contributed by atoms with Crippen LogP contribution in [0.15, 0.2) is 133 Å². The molecule has 0 spiro atoms. The van der Waals surface area contributed by atoms with Crippen molar-refractivity contribution in [3.8, 4) is 11.1 Å². The van der Waals surface area contributed by atoms with Gasteiger partial charge >= 0.3 is 7.12 Å². The largest absolute Gasteiger partial charge is 0.491 e. The van der Waals surface area contributed by atoms with Gasteiger partial charge in [-0.25, -0.2) is 8.78 Å². The molecule has 8 atom stereocenters. The second kappa shape index (κ2) is 24.3. The Morgan fingerprint density at radius 3 is 1.47 bits per heavy atom. The van der Waals surface area contributed by atoms with Crippen LogP contribution in [-0.4, -0.2) is 85.7 Å². The zero-order valence-corrected chi connectivity index (χ0v) is 47.8. The van der Waals surface area contributed by atoms with E-state index in [1.807, 2.05) is 80.0 Å². The molecule has 2 saturated heterocycles. The second-order valence-electron chi connectivity index (χ2n) is 22.8. The van der Waals surface area contributed by atoms with Crippen LogP contribution >= 0.6 is 15.9 Å². The topological polar surface area (TPSA) is 182 Å². The van der Waals surface area contributed by atoms with Crippen LogP contribution in [0.2, 0.25) is 0 Å². The van der Waals surface area contributed by atoms with Gasteiger partial charge in [0.25, 0.3) is 0 Å². The predicted molar refractivity (Wildman–Crippen MR) is 303 cm³/mol. The summed E-state index contributed by atoms with van der Waals surface area (Å²) < 4.78 is 38.9. The monoisotopic (exact) mass is 1130 g/mol. The van der Waals surface area contributed by atoms with E-state index < -0.39 is 18.5 Å². The standard InChI is InChI=1S/C30H35FN4O2.C24H31BrN4O2.C6H6BFO2/c1-18(2)28(27-15-20(4)33-37-27)29(36)35-17-19(3)14-26(35)25-16-30(5,34-32-25)22-12-10-21(11-13-22)23-8-6-7-9-24(23)31;1-14(2)22(21-11-16(4)27-31-21)23(30)29-13-15(3)10-20(29)19-12-24(5,28-26-19)17-6-8-18(25)9-7-17;8-6-4-2-1-3-5(6)7(9)10/h6-13,15,18-19,26,28,34H,14,16-17H2,1-5H3;6-9,11,14-15,20,22,28H,10,12-13H2,1-5H3;1-4,9-10H/t19-,26+,28?,30?;15-,20+,22?,24?;/m11./s1. The van der Waals surface area contributed by atoms with Gasteiger partial charge < -0.3 is 28.9 Å². The Kier molecular flexibility index (Phi) is 17.9. The SMILES string of the molecule is Cc1cc(C(C(=O)N2C[C@H](C)C[C@H]2C2=NNC(C)(c3ccc(-c4ccccc4F)cc3)C2)C(C)C)on1.Cc1cc(C(C(=O)N2C[C@H](C)C[C@H]2C2=NNC(C)(c3ccc(Br)cc3)C2)C(C)C)on1.OB(O)c1ccccc1F. The van der Waals surface area contributed by atoms with E-state index in [1.165, 1.54) is 35.9 Å². The first-order chi connectivity index (χ1) is 37.0. The molecule has 0 aliphatic carbocycles. The van der Waals surface area contributed by atoms with Crippen molar-refractivity contribution in [2.45, 2.75) is 130 Å². The number of likely N-dealkylation sites (tertiary alicyclic amines) is 2. The molecule has 78 heavy (non-hydrogen) atoms. The van der Waals surface area contributed by atoms with E-state index >= 15 is 0 Å². The average molecular weight is 1130 g/mol. The summed E-state index contributed by atoms with van der Waals surface area (Å²) in [6.45, 7) is 22.1. The number of nitrogens with one attached hydrogen (secondary N) is 2. The van der Waals surface area contributed by atoms with Crippen LogP contribution in [0.3, 0.4) is 0 Å². The molecule has 0 radical (unpaired) electrons. The maximum atomic E-state index is 14.3. The minimum atomic E-state index is -1.72. The first kappa shape index (κ1) is 57.7. The zero-order valence-electron chi connectivity index (χ0n) is 46.2. The smallest absolute Gasteiger partial charge is 0.423 e. The molecule has 14 nitrogen and oxygen atoms in total. The number of rotatable bonds is 12. The summed E-state index contributed by atoms with van der Waals surface area (Å²) in [5, 5.41) is 34.6. The molecule has 4 aromatic carbocycles. The van der Waals surface area contributed by atoms with E-state index in [1.54, 1.807) is 12.1 Å². The molecule has 2 fully saturated rings. The number of carbonyl (C=O) groups excluding carboxylic acids is 2. The molecule has 6 heterocycles. The van der Waals surface area contributed by atoms with Gasteiger partial charge in [0.1, 0.15) is 35.0 Å². The highest BCUT2D eigenvalue weighted by molar-refractivity contribution is 9.10. The molecule has 0 saturated carbocycles. The molecule has 4 N–H and O–H groups in total. The number of amides is 2. The number of carbonyl (C=O) groups is 2. The Morgan fingerprint density at radius 1 is 0.667 bits per heavy atom. The van der Waals surface area contributed by atoms with E-state index in [-0.39, 0.29) is 64.4 Å². The lowest BCUT2D eigenvalue weighted by Crippen LogP contribution is -2.44. The van der Waals surface area contributed by atoms with Crippen LogP contribution in [0.4, 0.5) is 8.78 Å². The summed E-state index contributed by atoms with van der Waals surface area (Å²) in [6, 6.07) is 32.4. The molecule has 18 heteroatoms. The van der Waals surface area contributed by atoms with Gasteiger partial charge in [-0.3, -0.25) is 20.4 Å². The van der Waals surface area contributed by atoms with Crippen LogP contribution in [0.25, 0.3) is 11.1 Å². The number of hydrogen-bond acceptors (Lipinski definition) is 12. The van der Waals surface area contributed by atoms with E-state index in [0.717, 1.165) is 64.2 Å². The summed E-state index contributed by atoms with van der Waals surface area (Å²) >= 11 is 3.51. The predicted octanol–water partition coefficient (Wildman–Crippen LogP) is 10.5. The zero-order chi connectivity index (χ0) is 56.2. The highest BCUT2D eigenvalue weighted by Crippen LogP contribution is 2.40. The van der Waals surface area contributed by atoms with Gasteiger partial charge in [0.05, 0.1) is 46.0 Å². The van der Waals surface area contributed by atoms with Crippen molar-refractivity contribution < 1.29 is 37.5 Å². The third-order valence-corrected chi connectivity index (χ3v) is 16.0. The number of halogens is 3. The number of hydrogen-bond donors (Lipinski definition) is 4. The second-order valence-corrected chi connectivity index (χ2v) is 23.7. The van der Waals surface area contributed by atoms with Crippen LogP contribution in [0.1, 0.15) is 127 Å². The van der Waals surface area contributed by atoms with Crippen molar-refractivity contribution >= 4 is 51.7 Å². The Morgan fingerprint density at radius 2 is 1.09 bits per heavy atom. The van der Waals surface area contributed by atoms with Gasteiger partial charge in [-0.1, -0.05) is 141 Å². The minimum Gasteiger partial charge on any atom is -0.423 e. The fourth-order valence-corrected chi connectivity index (χ4v) is 11.6. The van der Waals surface area contributed by atoms with E-state index in [0.29, 0.717) is 41.9 Å². The third-order valence-electron chi connectivity index (χ3n) is 15.5. The van der Waals surface area contributed by atoms with E-state index in [4.69, 9.17) is 29.3 Å². The van der Waals surface area contributed by atoms with Crippen LogP contribution in [0, 0.1) is 49.2 Å². The molecule has 10 rings (SSSR count). The van der Waals surface area contributed by atoms with Gasteiger partial charge in [-0.2, -0.15) is 10.2 Å². The highest BCUT2D eigenvalue weighted by atomic mass is 79.9. The molecule has 2 aromatic heterocycles. The summed E-state index contributed by atoms with van der Waals surface area (Å²) in [6.07, 6.45) is 3.29. The summed E-state index contributed by atoms with van der Waals surface area (Å²) in [4.78, 5) is 31.6. The van der Waals surface area contributed by atoms with Crippen LogP contribution in [-0.2, 0) is 20.7 Å². The first-order valence-corrected chi connectivity index (χ1v) is 27.7. The number of hydrazone groups is 2. The number of aryl methyl sites for hydroxylation is 2. The van der Waals surface area contributed by atoms with Gasteiger partial charge in [0.2, 0.25) is 11.8 Å². The fraction of sp³-hybridized carbons (Fsp3) is 0.433. The van der Waals surface area contributed by atoms with Gasteiger partial charge in [-0.15, -0.1) is 0 Å². The molecule has 412 valence electrons. The highest BCUT2D eigenvalue weighted by Gasteiger charge is 2.47. The molecule has 4 aliphatic rings. The molecular formula is C60H72BBrF2N8O6. The van der Waals surface area contributed by atoms with Crippen molar-refractivity contribution in [2.75, 3.05) is 13.1 Å². The maximum Gasteiger partial charge on any atom is 0.491 e. The van der Waals surface area contributed by atoms with Crippen molar-refractivity contribution in [3.63, 3.8) is 0 Å².